The summed E-state index contributed by atoms with van der Waals surface area (Å²) in [4.78, 5) is 29.6. The number of halogens is 2. The summed E-state index contributed by atoms with van der Waals surface area (Å²) in [6.45, 7) is 0.106. The molecular formula is C10H7BrClN3O2. The van der Waals surface area contributed by atoms with E-state index in [0.717, 1.165) is 4.57 Å². The molecule has 0 bridgehead atoms. The Balaban J connectivity index is 2.51. The molecule has 0 aliphatic rings. The lowest BCUT2D eigenvalue weighted by atomic mass is 10.2. The highest BCUT2D eigenvalue weighted by atomic mass is 79.9. The van der Waals surface area contributed by atoms with Gasteiger partial charge in [-0.2, -0.15) is 0 Å². The predicted molar refractivity (Wildman–Crippen MR) is 67.4 cm³/mol. The molecule has 7 heteroatoms. The summed E-state index contributed by atoms with van der Waals surface area (Å²) in [5.41, 5.74) is -0.222. The van der Waals surface area contributed by atoms with Gasteiger partial charge in [0.05, 0.1) is 16.0 Å². The molecule has 0 spiro atoms. The van der Waals surface area contributed by atoms with E-state index < -0.39 is 11.2 Å². The van der Waals surface area contributed by atoms with Crippen LogP contribution < -0.4 is 11.2 Å². The molecule has 2 aromatic heterocycles. The Hall–Kier alpha value is -1.40. The smallest absolute Gasteiger partial charge is 0.313 e. The van der Waals surface area contributed by atoms with Crippen LogP contribution in [0.3, 0.4) is 0 Å². The molecule has 0 fully saturated rings. The molecule has 2 heterocycles. The summed E-state index contributed by atoms with van der Waals surface area (Å²) >= 11 is 8.98. The summed E-state index contributed by atoms with van der Waals surface area (Å²) in [5, 5.41) is 0.416. The van der Waals surface area contributed by atoms with Crippen LogP contribution in [0.5, 0.6) is 0 Å². The molecule has 0 unspecified atom stereocenters. The lowest BCUT2D eigenvalue weighted by Crippen LogP contribution is -2.35. The monoisotopic (exact) mass is 315 g/mol. The normalized spacial score (nSPS) is 10.5. The number of hydrogen-bond donors (Lipinski definition) is 1. The third-order valence-electron chi connectivity index (χ3n) is 2.20. The molecule has 0 saturated heterocycles. The van der Waals surface area contributed by atoms with Crippen molar-refractivity contribution in [3.8, 4) is 0 Å². The molecule has 88 valence electrons. The number of hydrogen-bond acceptors (Lipinski definition) is 3. The second-order valence-electron chi connectivity index (χ2n) is 3.30. The van der Waals surface area contributed by atoms with Gasteiger partial charge in [0.15, 0.2) is 0 Å². The maximum atomic E-state index is 11.7. The highest BCUT2D eigenvalue weighted by molar-refractivity contribution is 9.10. The van der Waals surface area contributed by atoms with Crippen molar-refractivity contribution in [2.24, 2.45) is 0 Å². The Kier molecular flexibility index (Phi) is 3.44. The summed E-state index contributed by atoms with van der Waals surface area (Å²) in [6.07, 6.45) is 4.34. The lowest BCUT2D eigenvalue weighted by Gasteiger charge is -2.06. The fourth-order valence-corrected chi connectivity index (χ4v) is 1.84. The molecule has 0 aromatic carbocycles. The van der Waals surface area contributed by atoms with Gasteiger partial charge in [-0.1, -0.05) is 11.6 Å². The zero-order valence-electron chi connectivity index (χ0n) is 8.48. The van der Waals surface area contributed by atoms with Gasteiger partial charge in [-0.05, 0) is 27.6 Å². The summed E-state index contributed by atoms with van der Waals surface area (Å²) in [6, 6.07) is 1.66. The molecule has 0 radical (unpaired) electrons. The van der Waals surface area contributed by atoms with Crippen molar-refractivity contribution in [3.05, 3.63) is 60.6 Å². The van der Waals surface area contributed by atoms with Gasteiger partial charge < -0.3 is 4.98 Å². The van der Waals surface area contributed by atoms with Gasteiger partial charge in [-0.25, -0.2) is 4.79 Å². The van der Waals surface area contributed by atoms with Crippen molar-refractivity contribution < 1.29 is 0 Å². The molecule has 0 aliphatic heterocycles. The van der Waals surface area contributed by atoms with Crippen LogP contribution in [-0.2, 0) is 6.54 Å². The van der Waals surface area contributed by atoms with Crippen LogP contribution in [0.15, 0.2) is 38.7 Å². The van der Waals surface area contributed by atoms with Gasteiger partial charge in [0.1, 0.15) is 0 Å². The number of nitrogens with zero attached hydrogens (tertiary/aromatic N) is 2. The fraction of sp³-hybridized carbons (Fsp3) is 0.100. The van der Waals surface area contributed by atoms with Crippen LogP contribution in [-0.4, -0.2) is 14.5 Å². The van der Waals surface area contributed by atoms with E-state index >= 15 is 0 Å². The highest BCUT2D eigenvalue weighted by Crippen LogP contribution is 2.13. The topological polar surface area (TPSA) is 67.8 Å². The number of aromatic nitrogens is 3. The van der Waals surface area contributed by atoms with Crippen molar-refractivity contribution in [3.63, 3.8) is 0 Å². The minimum absolute atomic E-state index is 0.106. The van der Waals surface area contributed by atoms with Crippen molar-refractivity contribution >= 4 is 27.5 Å². The number of H-pyrrole nitrogens is 1. The molecule has 0 atom stereocenters. The van der Waals surface area contributed by atoms with Crippen LogP contribution in [0.25, 0.3) is 0 Å². The average molecular weight is 317 g/mol. The molecule has 2 aromatic rings. The van der Waals surface area contributed by atoms with Gasteiger partial charge in [-0.15, -0.1) is 0 Å². The van der Waals surface area contributed by atoms with Gasteiger partial charge in [0, 0.05) is 18.6 Å². The molecule has 5 nitrogen and oxygen atoms in total. The Morgan fingerprint density at radius 1 is 1.47 bits per heavy atom. The van der Waals surface area contributed by atoms with E-state index in [1.54, 1.807) is 12.3 Å². The van der Waals surface area contributed by atoms with Crippen molar-refractivity contribution in [1.29, 1.82) is 0 Å². The standard InChI is InChI=1S/C10H7BrClN3O2/c11-7-3-14-10(17)15(9(7)16)5-6-1-2-13-4-8(6)12/h1-4H,5H2,(H,14,17). The van der Waals surface area contributed by atoms with E-state index in [-0.39, 0.29) is 6.54 Å². The number of rotatable bonds is 2. The van der Waals surface area contributed by atoms with Crippen LogP contribution in [0.2, 0.25) is 5.02 Å². The van der Waals surface area contributed by atoms with E-state index in [9.17, 15) is 9.59 Å². The Morgan fingerprint density at radius 3 is 2.94 bits per heavy atom. The lowest BCUT2D eigenvalue weighted by molar-refractivity contribution is 0.693. The van der Waals surface area contributed by atoms with E-state index in [4.69, 9.17) is 11.6 Å². The van der Waals surface area contributed by atoms with Gasteiger partial charge in [0.25, 0.3) is 5.56 Å². The Morgan fingerprint density at radius 2 is 2.24 bits per heavy atom. The largest absolute Gasteiger partial charge is 0.328 e. The fourth-order valence-electron chi connectivity index (χ4n) is 1.33. The molecule has 0 saturated carbocycles. The first kappa shape index (κ1) is 12.1. The minimum Gasteiger partial charge on any atom is -0.313 e. The number of pyridine rings is 1. The zero-order valence-corrected chi connectivity index (χ0v) is 10.8. The van der Waals surface area contributed by atoms with E-state index in [0.29, 0.717) is 15.1 Å². The van der Waals surface area contributed by atoms with Crippen LogP contribution in [0, 0.1) is 0 Å². The summed E-state index contributed by atoms with van der Waals surface area (Å²) in [7, 11) is 0. The maximum absolute atomic E-state index is 11.7. The maximum Gasteiger partial charge on any atom is 0.328 e. The van der Waals surface area contributed by atoms with Crippen LogP contribution >= 0.6 is 27.5 Å². The molecule has 2 rings (SSSR count). The van der Waals surface area contributed by atoms with Gasteiger partial charge in [-0.3, -0.25) is 14.3 Å². The van der Waals surface area contributed by atoms with E-state index in [2.05, 4.69) is 25.9 Å². The molecule has 1 N–H and O–H groups in total. The van der Waals surface area contributed by atoms with Crippen molar-refractivity contribution in [1.82, 2.24) is 14.5 Å². The highest BCUT2D eigenvalue weighted by Gasteiger charge is 2.07. The summed E-state index contributed by atoms with van der Waals surface area (Å²) < 4.78 is 1.35. The SMILES string of the molecule is O=c1[nH]cc(Br)c(=O)n1Cc1ccncc1Cl. The second-order valence-corrected chi connectivity index (χ2v) is 4.56. The third kappa shape index (κ3) is 2.48. The molecule has 17 heavy (non-hydrogen) atoms. The Labute approximate surface area is 109 Å². The summed E-state index contributed by atoms with van der Waals surface area (Å²) in [5.74, 6) is 0. The molecular weight excluding hydrogens is 309 g/mol. The van der Waals surface area contributed by atoms with Crippen molar-refractivity contribution in [2.75, 3.05) is 0 Å². The van der Waals surface area contributed by atoms with Crippen molar-refractivity contribution in [2.45, 2.75) is 6.54 Å². The van der Waals surface area contributed by atoms with Gasteiger partial charge >= 0.3 is 5.69 Å². The minimum atomic E-state index is -0.480. The average Bonchev–Trinajstić information content (AvgIpc) is 2.32. The van der Waals surface area contributed by atoms with Gasteiger partial charge in [0.2, 0.25) is 0 Å². The number of nitrogens with one attached hydrogen (secondary N) is 1. The first-order valence-electron chi connectivity index (χ1n) is 4.66. The first-order valence-corrected chi connectivity index (χ1v) is 5.83. The Bertz CT molecular complexity index is 665. The molecule has 0 aliphatic carbocycles. The first-order chi connectivity index (χ1) is 8.09. The quantitative estimate of drug-likeness (QED) is 0.910. The van der Waals surface area contributed by atoms with Crippen LogP contribution in [0.4, 0.5) is 0 Å². The van der Waals surface area contributed by atoms with E-state index in [1.165, 1.54) is 12.4 Å². The number of aromatic amines is 1. The second kappa shape index (κ2) is 4.85. The molecule has 0 amide bonds. The van der Waals surface area contributed by atoms with E-state index in [1.807, 2.05) is 0 Å². The predicted octanol–water partition coefficient (Wildman–Crippen LogP) is 1.40. The third-order valence-corrected chi connectivity index (χ3v) is 3.11. The van der Waals surface area contributed by atoms with Crippen LogP contribution in [0.1, 0.15) is 5.56 Å². The zero-order chi connectivity index (χ0) is 12.4.